The van der Waals surface area contributed by atoms with Crippen molar-refractivity contribution in [2.75, 3.05) is 13.1 Å². The van der Waals surface area contributed by atoms with Gasteiger partial charge in [-0.3, -0.25) is 16.2 Å². The van der Waals surface area contributed by atoms with Gasteiger partial charge in [0.05, 0.1) is 0 Å². The minimum Gasteiger partial charge on any atom is -0.297 e. The number of nitrogens with one attached hydrogen (secondary N) is 1. The number of benzene rings is 1. The number of hydrogen-bond donors (Lipinski definition) is 2. The summed E-state index contributed by atoms with van der Waals surface area (Å²) in [5, 5.41) is 1.45. The van der Waals surface area contributed by atoms with Crippen molar-refractivity contribution in [3.63, 3.8) is 0 Å². The van der Waals surface area contributed by atoms with Gasteiger partial charge in [-0.15, -0.1) is 0 Å². The molecule has 1 heterocycles. The Bertz CT molecular complexity index is 471. The molecule has 1 aromatic carbocycles. The molecule has 0 bridgehead atoms. The topological polar surface area (TPSA) is 41.3 Å². The highest BCUT2D eigenvalue weighted by atomic mass is 35.5. The van der Waals surface area contributed by atoms with E-state index in [2.05, 4.69) is 24.2 Å². The third-order valence-electron chi connectivity index (χ3n) is 4.66. The van der Waals surface area contributed by atoms with E-state index < -0.39 is 0 Å². The van der Waals surface area contributed by atoms with E-state index in [0.717, 1.165) is 30.1 Å². The third kappa shape index (κ3) is 4.11. The predicted octanol–water partition coefficient (Wildman–Crippen LogP) is 3.63. The second-order valence-electron chi connectivity index (χ2n) is 6.36. The molecule has 3 N–H and O–H groups in total. The lowest BCUT2D eigenvalue weighted by molar-refractivity contribution is 0.0611. The average Bonchev–Trinajstić information content (AvgIpc) is 2.48. The van der Waals surface area contributed by atoms with Crippen molar-refractivity contribution < 1.29 is 0 Å². The normalized spacial score (nSPS) is 18.7. The lowest BCUT2D eigenvalue weighted by atomic mass is 9.86. The Labute approximate surface area is 137 Å². The standard InChI is InChI=1S/C16H25Cl2N3/c1-16(2,21-8-4-3-5-9-21)15(20-19)11-12-10-13(17)6-7-14(12)18/h6-7,10,15,20H,3-5,8-9,11,19H2,1-2H3. The summed E-state index contributed by atoms with van der Waals surface area (Å²) in [4.78, 5) is 2.53. The van der Waals surface area contributed by atoms with Gasteiger partial charge in [0.1, 0.15) is 0 Å². The van der Waals surface area contributed by atoms with Gasteiger partial charge in [-0.1, -0.05) is 29.6 Å². The van der Waals surface area contributed by atoms with Gasteiger partial charge in [0.15, 0.2) is 0 Å². The molecular weight excluding hydrogens is 305 g/mol. The summed E-state index contributed by atoms with van der Waals surface area (Å²) in [7, 11) is 0. The van der Waals surface area contributed by atoms with Crippen molar-refractivity contribution in [2.45, 2.75) is 51.1 Å². The number of piperidine rings is 1. The molecule has 1 atom stereocenters. The van der Waals surface area contributed by atoms with Crippen LogP contribution in [0.2, 0.25) is 10.0 Å². The molecule has 1 aliphatic rings. The predicted molar refractivity (Wildman–Crippen MR) is 90.8 cm³/mol. The van der Waals surface area contributed by atoms with E-state index in [1.165, 1.54) is 19.3 Å². The second-order valence-corrected chi connectivity index (χ2v) is 7.20. The highest BCUT2D eigenvalue weighted by Gasteiger charge is 2.35. The summed E-state index contributed by atoms with van der Waals surface area (Å²) in [5.74, 6) is 5.85. The number of likely N-dealkylation sites (tertiary alicyclic amines) is 1. The number of halogens is 2. The second kappa shape index (κ2) is 7.30. The van der Waals surface area contributed by atoms with Crippen LogP contribution in [0.4, 0.5) is 0 Å². The van der Waals surface area contributed by atoms with Crippen LogP contribution in [0.25, 0.3) is 0 Å². The van der Waals surface area contributed by atoms with Crippen molar-refractivity contribution in [3.05, 3.63) is 33.8 Å². The zero-order chi connectivity index (χ0) is 15.5. The van der Waals surface area contributed by atoms with Crippen molar-refractivity contribution >= 4 is 23.2 Å². The van der Waals surface area contributed by atoms with E-state index in [1.54, 1.807) is 0 Å². The van der Waals surface area contributed by atoms with Crippen LogP contribution >= 0.6 is 23.2 Å². The van der Waals surface area contributed by atoms with Crippen molar-refractivity contribution in [3.8, 4) is 0 Å². The van der Waals surface area contributed by atoms with Crippen LogP contribution in [0, 0.1) is 0 Å². The van der Waals surface area contributed by atoms with Gasteiger partial charge in [0.2, 0.25) is 0 Å². The van der Waals surface area contributed by atoms with Crippen LogP contribution in [0.5, 0.6) is 0 Å². The lowest BCUT2D eigenvalue weighted by Gasteiger charge is -2.46. The largest absolute Gasteiger partial charge is 0.297 e. The molecule has 0 aromatic heterocycles. The van der Waals surface area contributed by atoms with Crippen LogP contribution < -0.4 is 11.3 Å². The van der Waals surface area contributed by atoms with Gasteiger partial charge < -0.3 is 0 Å². The Morgan fingerprint density at radius 3 is 2.52 bits per heavy atom. The smallest absolute Gasteiger partial charge is 0.0439 e. The molecule has 0 radical (unpaired) electrons. The van der Waals surface area contributed by atoms with Crippen molar-refractivity contribution in [1.82, 2.24) is 10.3 Å². The zero-order valence-corrected chi connectivity index (χ0v) is 14.3. The Morgan fingerprint density at radius 2 is 1.90 bits per heavy atom. The van der Waals surface area contributed by atoms with Gasteiger partial charge in [-0.25, -0.2) is 0 Å². The van der Waals surface area contributed by atoms with Gasteiger partial charge in [0, 0.05) is 21.6 Å². The number of hydrazine groups is 1. The first-order chi connectivity index (χ1) is 9.95. The van der Waals surface area contributed by atoms with Crippen LogP contribution in [0.15, 0.2) is 18.2 Å². The summed E-state index contributed by atoms with van der Waals surface area (Å²) in [6, 6.07) is 5.71. The number of nitrogens with zero attached hydrogens (tertiary/aromatic N) is 1. The molecule has 0 saturated carbocycles. The number of rotatable bonds is 5. The van der Waals surface area contributed by atoms with E-state index >= 15 is 0 Å². The molecule has 2 rings (SSSR count). The highest BCUT2D eigenvalue weighted by Crippen LogP contribution is 2.28. The van der Waals surface area contributed by atoms with Gasteiger partial charge in [-0.2, -0.15) is 0 Å². The maximum absolute atomic E-state index is 6.29. The minimum absolute atomic E-state index is 0.0270. The van der Waals surface area contributed by atoms with E-state index in [1.807, 2.05) is 18.2 Å². The molecule has 0 spiro atoms. The SMILES string of the molecule is CC(C)(C(Cc1cc(Cl)ccc1Cl)NN)N1CCCCC1. The molecule has 118 valence electrons. The zero-order valence-electron chi connectivity index (χ0n) is 12.8. The number of hydrogen-bond acceptors (Lipinski definition) is 3. The summed E-state index contributed by atoms with van der Waals surface area (Å²) in [5.41, 5.74) is 4.00. The molecular formula is C16H25Cl2N3. The first-order valence-electron chi connectivity index (χ1n) is 7.60. The quantitative estimate of drug-likeness (QED) is 0.640. The molecule has 1 saturated heterocycles. The van der Waals surface area contributed by atoms with Crippen LogP contribution in [0.3, 0.4) is 0 Å². The highest BCUT2D eigenvalue weighted by molar-refractivity contribution is 6.33. The summed E-state index contributed by atoms with van der Waals surface area (Å²) in [6.07, 6.45) is 4.62. The monoisotopic (exact) mass is 329 g/mol. The van der Waals surface area contributed by atoms with Crippen LogP contribution in [-0.2, 0) is 6.42 Å². The first-order valence-corrected chi connectivity index (χ1v) is 8.36. The average molecular weight is 330 g/mol. The lowest BCUT2D eigenvalue weighted by Crippen LogP contribution is -2.61. The maximum Gasteiger partial charge on any atom is 0.0439 e. The Kier molecular flexibility index (Phi) is 5.92. The maximum atomic E-state index is 6.29. The fourth-order valence-corrected chi connectivity index (χ4v) is 3.51. The molecule has 1 unspecified atom stereocenters. The van der Waals surface area contributed by atoms with Gasteiger partial charge in [-0.05, 0) is 70.0 Å². The van der Waals surface area contributed by atoms with E-state index in [9.17, 15) is 0 Å². The fourth-order valence-electron chi connectivity index (χ4n) is 3.12. The molecule has 1 aliphatic heterocycles. The van der Waals surface area contributed by atoms with Gasteiger partial charge >= 0.3 is 0 Å². The molecule has 5 heteroatoms. The molecule has 21 heavy (non-hydrogen) atoms. The summed E-state index contributed by atoms with van der Waals surface area (Å²) >= 11 is 12.4. The molecule has 1 aromatic rings. The summed E-state index contributed by atoms with van der Waals surface area (Å²) < 4.78 is 0. The number of nitrogens with two attached hydrogens (primary N) is 1. The molecule has 0 amide bonds. The first kappa shape index (κ1) is 17.0. The molecule has 0 aliphatic carbocycles. The fraction of sp³-hybridized carbons (Fsp3) is 0.625. The molecule has 3 nitrogen and oxygen atoms in total. The Balaban J connectivity index is 2.16. The van der Waals surface area contributed by atoms with Crippen LogP contribution in [-0.4, -0.2) is 29.6 Å². The van der Waals surface area contributed by atoms with Crippen molar-refractivity contribution in [2.24, 2.45) is 5.84 Å². The summed E-state index contributed by atoms with van der Waals surface area (Å²) in [6.45, 7) is 6.77. The van der Waals surface area contributed by atoms with Gasteiger partial charge in [0.25, 0.3) is 0 Å². The van der Waals surface area contributed by atoms with E-state index in [4.69, 9.17) is 29.0 Å². The Morgan fingerprint density at radius 1 is 1.24 bits per heavy atom. The minimum atomic E-state index is -0.0270. The third-order valence-corrected chi connectivity index (χ3v) is 5.26. The van der Waals surface area contributed by atoms with E-state index in [0.29, 0.717) is 5.02 Å². The van der Waals surface area contributed by atoms with Crippen LogP contribution in [0.1, 0.15) is 38.7 Å². The Hall–Kier alpha value is -0.320. The molecule has 1 fully saturated rings. The van der Waals surface area contributed by atoms with E-state index in [-0.39, 0.29) is 11.6 Å². The van der Waals surface area contributed by atoms with Crippen molar-refractivity contribution in [1.29, 1.82) is 0 Å².